The summed E-state index contributed by atoms with van der Waals surface area (Å²) in [7, 11) is 0. The Kier molecular flexibility index (Phi) is 5.86. The summed E-state index contributed by atoms with van der Waals surface area (Å²) in [5, 5.41) is 14.8. The van der Waals surface area contributed by atoms with Crippen molar-refractivity contribution < 1.29 is 19.4 Å². The molecular formula is C21H19N3O4. The van der Waals surface area contributed by atoms with Gasteiger partial charge in [0, 0.05) is 23.8 Å². The number of ether oxygens (including phenoxy) is 1. The number of pyridine rings is 1. The highest BCUT2D eigenvalue weighted by Gasteiger charge is 2.15. The first kappa shape index (κ1) is 18.9. The van der Waals surface area contributed by atoms with Crippen LogP contribution in [0.2, 0.25) is 0 Å². The van der Waals surface area contributed by atoms with Crippen molar-refractivity contribution in [3.8, 4) is 11.5 Å². The summed E-state index contributed by atoms with van der Waals surface area (Å²) in [6.07, 6.45) is 2.32. The second-order valence-corrected chi connectivity index (χ2v) is 6.02. The quantitative estimate of drug-likeness (QED) is 0.611. The second-order valence-electron chi connectivity index (χ2n) is 6.02. The first-order valence-corrected chi connectivity index (χ1v) is 8.59. The Morgan fingerprint density at radius 2 is 1.71 bits per heavy atom. The molecule has 142 valence electrons. The van der Waals surface area contributed by atoms with Crippen molar-refractivity contribution in [1.29, 1.82) is 0 Å². The maximum atomic E-state index is 12.4. The van der Waals surface area contributed by atoms with Crippen molar-refractivity contribution in [3.05, 3.63) is 78.6 Å². The lowest BCUT2D eigenvalue weighted by atomic mass is 10.2. The van der Waals surface area contributed by atoms with Crippen LogP contribution in [-0.2, 0) is 4.79 Å². The SMILES string of the molecule is CC(Oc1ccc(O)cc1)C(=O)Nc1cccc(NC(=O)c2cccnc2)c1. The molecule has 0 radical (unpaired) electrons. The number of benzene rings is 2. The number of carbonyl (C=O) groups excluding carboxylic acids is 2. The highest BCUT2D eigenvalue weighted by Crippen LogP contribution is 2.19. The van der Waals surface area contributed by atoms with Gasteiger partial charge < -0.3 is 20.5 Å². The summed E-state index contributed by atoms with van der Waals surface area (Å²) < 4.78 is 5.56. The van der Waals surface area contributed by atoms with Gasteiger partial charge in [0.05, 0.1) is 5.56 Å². The molecule has 7 nitrogen and oxygen atoms in total. The Balaban J connectivity index is 1.61. The monoisotopic (exact) mass is 377 g/mol. The van der Waals surface area contributed by atoms with Gasteiger partial charge in [-0.1, -0.05) is 6.07 Å². The number of amides is 2. The number of phenolic OH excluding ortho intramolecular Hbond substituents is 1. The zero-order valence-corrected chi connectivity index (χ0v) is 15.1. The highest BCUT2D eigenvalue weighted by molar-refractivity contribution is 6.04. The lowest BCUT2D eigenvalue weighted by Gasteiger charge is -2.15. The third-order valence-electron chi connectivity index (χ3n) is 3.83. The number of aromatic nitrogens is 1. The van der Waals surface area contributed by atoms with E-state index in [1.807, 2.05) is 0 Å². The van der Waals surface area contributed by atoms with E-state index >= 15 is 0 Å². The van der Waals surface area contributed by atoms with Crippen molar-refractivity contribution in [3.63, 3.8) is 0 Å². The molecule has 0 saturated carbocycles. The number of carbonyl (C=O) groups is 2. The molecule has 0 aliphatic rings. The fraction of sp³-hybridized carbons (Fsp3) is 0.0952. The lowest BCUT2D eigenvalue weighted by Crippen LogP contribution is -2.30. The van der Waals surface area contributed by atoms with Gasteiger partial charge in [-0.15, -0.1) is 0 Å². The molecule has 3 N–H and O–H groups in total. The minimum atomic E-state index is -0.752. The van der Waals surface area contributed by atoms with Gasteiger partial charge in [-0.05, 0) is 61.5 Å². The summed E-state index contributed by atoms with van der Waals surface area (Å²) >= 11 is 0. The van der Waals surface area contributed by atoms with Crippen LogP contribution in [0.15, 0.2) is 73.1 Å². The normalized spacial score (nSPS) is 11.3. The zero-order chi connectivity index (χ0) is 19.9. The number of hydrogen-bond acceptors (Lipinski definition) is 5. The van der Waals surface area contributed by atoms with Gasteiger partial charge >= 0.3 is 0 Å². The molecule has 1 unspecified atom stereocenters. The van der Waals surface area contributed by atoms with Crippen LogP contribution in [-0.4, -0.2) is 28.0 Å². The molecular weight excluding hydrogens is 358 g/mol. The molecule has 7 heteroatoms. The number of phenols is 1. The fourth-order valence-corrected chi connectivity index (χ4v) is 2.40. The van der Waals surface area contributed by atoms with Crippen LogP contribution in [0.5, 0.6) is 11.5 Å². The van der Waals surface area contributed by atoms with Crippen LogP contribution < -0.4 is 15.4 Å². The van der Waals surface area contributed by atoms with E-state index in [4.69, 9.17) is 4.74 Å². The van der Waals surface area contributed by atoms with E-state index in [2.05, 4.69) is 15.6 Å². The third-order valence-corrected chi connectivity index (χ3v) is 3.83. The van der Waals surface area contributed by atoms with Crippen LogP contribution in [0.3, 0.4) is 0 Å². The summed E-state index contributed by atoms with van der Waals surface area (Å²) in [4.78, 5) is 28.5. The van der Waals surface area contributed by atoms with E-state index in [1.165, 1.54) is 18.3 Å². The Morgan fingerprint density at radius 1 is 1.00 bits per heavy atom. The molecule has 2 aromatic carbocycles. The maximum absolute atomic E-state index is 12.4. The molecule has 0 fully saturated rings. The van der Waals surface area contributed by atoms with Crippen molar-refractivity contribution in [2.75, 3.05) is 10.6 Å². The molecule has 1 aromatic heterocycles. The number of nitrogens with zero attached hydrogens (tertiary/aromatic N) is 1. The molecule has 1 heterocycles. The Labute approximate surface area is 162 Å². The van der Waals surface area contributed by atoms with E-state index in [9.17, 15) is 14.7 Å². The van der Waals surface area contributed by atoms with Crippen molar-refractivity contribution in [2.45, 2.75) is 13.0 Å². The average Bonchev–Trinajstić information content (AvgIpc) is 2.70. The smallest absolute Gasteiger partial charge is 0.265 e. The van der Waals surface area contributed by atoms with Gasteiger partial charge in [-0.2, -0.15) is 0 Å². The zero-order valence-electron chi connectivity index (χ0n) is 15.1. The number of aromatic hydroxyl groups is 1. The fourth-order valence-electron chi connectivity index (χ4n) is 2.40. The van der Waals surface area contributed by atoms with Crippen molar-refractivity contribution >= 4 is 23.2 Å². The van der Waals surface area contributed by atoms with E-state index in [-0.39, 0.29) is 17.6 Å². The predicted octanol–water partition coefficient (Wildman–Crippen LogP) is 3.45. The number of hydrogen-bond donors (Lipinski definition) is 3. The molecule has 0 spiro atoms. The van der Waals surface area contributed by atoms with Crippen LogP contribution in [0.4, 0.5) is 11.4 Å². The van der Waals surface area contributed by atoms with Gasteiger partial charge in [0.1, 0.15) is 11.5 Å². The van der Waals surface area contributed by atoms with E-state index in [1.54, 1.807) is 61.7 Å². The summed E-state index contributed by atoms with van der Waals surface area (Å²) in [5.74, 6) is -0.0445. The first-order valence-electron chi connectivity index (χ1n) is 8.59. The second kappa shape index (κ2) is 8.68. The molecule has 0 bridgehead atoms. The number of rotatable bonds is 6. The summed E-state index contributed by atoms with van der Waals surface area (Å²) in [5.41, 5.74) is 1.50. The minimum absolute atomic E-state index is 0.120. The van der Waals surface area contributed by atoms with Crippen LogP contribution >= 0.6 is 0 Å². The summed E-state index contributed by atoms with van der Waals surface area (Å²) in [6.45, 7) is 1.62. The molecule has 3 aromatic rings. The van der Waals surface area contributed by atoms with Crippen LogP contribution in [0, 0.1) is 0 Å². The molecule has 2 amide bonds. The van der Waals surface area contributed by atoms with E-state index < -0.39 is 6.10 Å². The highest BCUT2D eigenvalue weighted by atomic mass is 16.5. The van der Waals surface area contributed by atoms with E-state index in [0.29, 0.717) is 22.7 Å². The predicted molar refractivity (Wildman–Crippen MR) is 105 cm³/mol. The average molecular weight is 377 g/mol. The molecule has 1 atom stereocenters. The topological polar surface area (TPSA) is 101 Å². The van der Waals surface area contributed by atoms with Crippen molar-refractivity contribution in [1.82, 2.24) is 4.98 Å². The van der Waals surface area contributed by atoms with Gasteiger partial charge in [0.25, 0.3) is 11.8 Å². The van der Waals surface area contributed by atoms with Crippen molar-refractivity contribution in [2.24, 2.45) is 0 Å². The van der Waals surface area contributed by atoms with Crippen LogP contribution in [0.1, 0.15) is 17.3 Å². The van der Waals surface area contributed by atoms with Gasteiger partial charge in [-0.3, -0.25) is 14.6 Å². The maximum Gasteiger partial charge on any atom is 0.265 e. The number of anilines is 2. The molecule has 0 aliphatic carbocycles. The lowest BCUT2D eigenvalue weighted by molar-refractivity contribution is -0.122. The molecule has 3 rings (SSSR count). The van der Waals surface area contributed by atoms with Gasteiger partial charge in [-0.25, -0.2) is 0 Å². The first-order chi connectivity index (χ1) is 13.5. The van der Waals surface area contributed by atoms with Gasteiger partial charge in [0.2, 0.25) is 0 Å². The van der Waals surface area contributed by atoms with E-state index in [0.717, 1.165) is 0 Å². The number of nitrogens with one attached hydrogen (secondary N) is 2. The standard InChI is InChI=1S/C21H19N3O4/c1-14(28-19-9-7-18(25)8-10-19)20(26)23-16-5-2-6-17(12-16)24-21(27)15-4-3-11-22-13-15/h2-14,25H,1H3,(H,23,26)(H,24,27). The molecule has 28 heavy (non-hydrogen) atoms. The van der Waals surface area contributed by atoms with Gasteiger partial charge in [0.15, 0.2) is 6.10 Å². The Hall–Kier alpha value is -3.87. The minimum Gasteiger partial charge on any atom is -0.508 e. The Bertz CT molecular complexity index is 959. The largest absolute Gasteiger partial charge is 0.508 e. The molecule has 0 saturated heterocycles. The third kappa shape index (κ3) is 5.07. The molecule has 0 aliphatic heterocycles. The van der Waals surface area contributed by atoms with Crippen LogP contribution in [0.25, 0.3) is 0 Å². The Morgan fingerprint density at radius 3 is 2.39 bits per heavy atom. The summed E-state index contributed by atoms with van der Waals surface area (Å²) in [6, 6.07) is 16.3.